The van der Waals surface area contributed by atoms with E-state index in [1.54, 1.807) is 0 Å². The summed E-state index contributed by atoms with van der Waals surface area (Å²) in [5.41, 5.74) is 2.30. The molecule has 0 N–H and O–H groups in total. The molecule has 2 aromatic carbocycles. The number of nitrogens with zero attached hydrogens (tertiary/aromatic N) is 2. The fraction of sp³-hybridized carbons (Fsp3) is 0.364. The van der Waals surface area contributed by atoms with Crippen LogP contribution in [-0.4, -0.2) is 53.9 Å². The van der Waals surface area contributed by atoms with Crippen molar-refractivity contribution in [2.45, 2.75) is 26.9 Å². The van der Waals surface area contributed by atoms with Crippen molar-refractivity contribution in [2.24, 2.45) is 0 Å². The molecule has 0 aliphatic carbocycles. The molecule has 2 amide bonds. The van der Waals surface area contributed by atoms with Crippen LogP contribution in [0.4, 0.5) is 0 Å². The van der Waals surface area contributed by atoms with Crippen LogP contribution in [0.15, 0.2) is 48.5 Å². The predicted molar refractivity (Wildman–Crippen MR) is 105 cm³/mol. The lowest BCUT2D eigenvalue weighted by molar-refractivity contribution is 0.0535. The van der Waals surface area contributed by atoms with E-state index in [1.807, 2.05) is 79.1 Å². The van der Waals surface area contributed by atoms with E-state index in [9.17, 15) is 9.59 Å². The van der Waals surface area contributed by atoms with Crippen molar-refractivity contribution in [3.8, 4) is 5.75 Å². The maximum Gasteiger partial charge on any atom is 0.253 e. The van der Waals surface area contributed by atoms with E-state index < -0.39 is 0 Å². The molecule has 3 rings (SSSR count). The molecule has 142 valence electrons. The first-order valence-corrected chi connectivity index (χ1v) is 9.36. The number of piperazine rings is 1. The number of ether oxygens (including phenoxy) is 1. The van der Waals surface area contributed by atoms with Crippen LogP contribution in [0.3, 0.4) is 0 Å². The molecule has 5 nitrogen and oxygen atoms in total. The van der Waals surface area contributed by atoms with Crippen molar-refractivity contribution in [1.82, 2.24) is 9.80 Å². The highest BCUT2D eigenvalue weighted by atomic mass is 16.5. The van der Waals surface area contributed by atoms with Gasteiger partial charge in [0.05, 0.1) is 6.10 Å². The quantitative estimate of drug-likeness (QED) is 0.833. The molecular formula is C22H26N2O3. The summed E-state index contributed by atoms with van der Waals surface area (Å²) in [6.07, 6.45) is 0.0977. The van der Waals surface area contributed by atoms with Gasteiger partial charge in [0.15, 0.2) is 0 Å². The molecule has 5 heteroatoms. The van der Waals surface area contributed by atoms with Gasteiger partial charge in [0.25, 0.3) is 11.8 Å². The summed E-state index contributed by atoms with van der Waals surface area (Å²) < 4.78 is 5.74. The molecule has 0 spiro atoms. The summed E-state index contributed by atoms with van der Waals surface area (Å²) in [7, 11) is 0. The lowest BCUT2D eigenvalue weighted by Crippen LogP contribution is -2.50. The van der Waals surface area contributed by atoms with Crippen LogP contribution in [0.5, 0.6) is 5.75 Å². The number of rotatable bonds is 4. The second kappa shape index (κ2) is 8.25. The third kappa shape index (κ3) is 4.48. The molecule has 1 aliphatic rings. The van der Waals surface area contributed by atoms with Crippen LogP contribution >= 0.6 is 0 Å². The van der Waals surface area contributed by atoms with Crippen LogP contribution in [0.2, 0.25) is 0 Å². The Morgan fingerprint density at radius 3 is 1.93 bits per heavy atom. The SMILES string of the molecule is Cc1cc(C(=O)N2CCN(C(=O)c3ccccc3)CC2)ccc1OC(C)C. The van der Waals surface area contributed by atoms with Crippen molar-refractivity contribution < 1.29 is 14.3 Å². The molecule has 2 aromatic rings. The Balaban J connectivity index is 1.61. The first-order chi connectivity index (χ1) is 13.0. The monoisotopic (exact) mass is 366 g/mol. The second-order valence-corrected chi connectivity index (χ2v) is 7.10. The first-order valence-electron chi connectivity index (χ1n) is 9.36. The van der Waals surface area contributed by atoms with Gasteiger partial charge in [0.1, 0.15) is 5.75 Å². The fourth-order valence-corrected chi connectivity index (χ4v) is 3.23. The molecule has 0 aromatic heterocycles. The maximum atomic E-state index is 12.8. The zero-order valence-electron chi connectivity index (χ0n) is 16.1. The van der Waals surface area contributed by atoms with Crippen LogP contribution < -0.4 is 4.74 Å². The van der Waals surface area contributed by atoms with Gasteiger partial charge in [-0.15, -0.1) is 0 Å². The Bertz CT molecular complexity index is 810. The Labute approximate surface area is 160 Å². The molecule has 0 atom stereocenters. The van der Waals surface area contributed by atoms with Gasteiger partial charge in [0, 0.05) is 37.3 Å². The van der Waals surface area contributed by atoms with Crippen LogP contribution in [0, 0.1) is 6.92 Å². The van der Waals surface area contributed by atoms with Crippen molar-refractivity contribution in [2.75, 3.05) is 26.2 Å². The zero-order chi connectivity index (χ0) is 19.4. The van der Waals surface area contributed by atoms with E-state index >= 15 is 0 Å². The van der Waals surface area contributed by atoms with Crippen molar-refractivity contribution >= 4 is 11.8 Å². The molecule has 0 bridgehead atoms. The lowest BCUT2D eigenvalue weighted by atomic mass is 10.1. The Kier molecular flexibility index (Phi) is 5.79. The minimum atomic E-state index is 0.000932. The van der Waals surface area contributed by atoms with E-state index in [4.69, 9.17) is 4.74 Å². The minimum Gasteiger partial charge on any atom is -0.491 e. The lowest BCUT2D eigenvalue weighted by Gasteiger charge is -2.35. The predicted octanol–water partition coefficient (Wildman–Crippen LogP) is 3.38. The van der Waals surface area contributed by atoms with Crippen molar-refractivity contribution in [3.63, 3.8) is 0 Å². The Hall–Kier alpha value is -2.82. The van der Waals surface area contributed by atoms with Crippen LogP contribution in [0.25, 0.3) is 0 Å². The minimum absolute atomic E-state index is 0.000932. The van der Waals surface area contributed by atoms with Gasteiger partial charge in [-0.3, -0.25) is 9.59 Å². The number of benzene rings is 2. The molecule has 0 saturated carbocycles. The van der Waals surface area contributed by atoms with Gasteiger partial charge in [-0.1, -0.05) is 18.2 Å². The second-order valence-electron chi connectivity index (χ2n) is 7.10. The highest BCUT2D eigenvalue weighted by molar-refractivity contribution is 5.96. The number of amides is 2. The summed E-state index contributed by atoms with van der Waals surface area (Å²) in [5.74, 6) is 0.828. The average Bonchev–Trinajstić information content (AvgIpc) is 2.69. The number of carbonyl (C=O) groups is 2. The average molecular weight is 366 g/mol. The third-order valence-electron chi connectivity index (χ3n) is 4.66. The van der Waals surface area contributed by atoms with E-state index in [2.05, 4.69) is 0 Å². The number of carbonyl (C=O) groups excluding carboxylic acids is 2. The summed E-state index contributed by atoms with van der Waals surface area (Å²) in [6.45, 7) is 8.09. The van der Waals surface area contributed by atoms with Gasteiger partial charge in [-0.25, -0.2) is 0 Å². The maximum absolute atomic E-state index is 12.8. The van der Waals surface area contributed by atoms with Gasteiger partial charge in [-0.05, 0) is 56.7 Å². The smallest absolute Gasteiger partial charge is 0.253 e. The molecule has 1 saturated heterocycles. The van der Waals surface area contributed by atoms with Crippen molar-refractivity contribution in [3.05, 3.63) is 65.2 Å². The third-order valence-corrected chi connectivity index (χ3v) is 4.66. The highest BCUT2D eigenvalue weighted by Crippen LogP contribution is 2.22. The van der Waals surface area contributed by atoms with Crippen LogP contribution in [-0.2, 0) is 0 Å². The molecular weight excluding hydrogens is 340 g/mol. The number of hydrogen-bond donors (Lipinski definition) is 0. The summed E-state index contributed by atoms with van der Waals surface area (Å²) in [5, 5.41) is 0. The van der Waals surface area contributed by atoms with E-state index in [-0.39, 0.29) is 17.9 Å². The standard InChI is InChI=1S/C22H26N2O3/c1-16(2)27-20-10-9-19(15-17(20)3)22(26)24-13-11-23(12-14-24)21(25)18-7-5-4-6-8-18/h4-10,15-16H,11-14H2,1-3H3. The van der Waals surface area contributed by atoms with Gasteiger partial charge in [-0.2, -0.15) is 0 Å². The summed E-state index contributed by atoms with van der Waals surface area (Å²) in [6, 6.07) is 14.8. The van der Waals surface area contributed by atoms with E-state index in [1.165, 1.54) is 0 Å². The topological polar surface area (TPSA) is 49.9 Å². The number of aryl methyl sites for hydroxylation is 1. The normalized spacial score (nSPS) is 14.4. The molecule has 1 fully saturated rings. The summed E-state index contributed by atoms with van der Waals surface area (Å²) >= 11 is 0. The van der Waals surface area contributed by atoms with Crippen LogP contribution in [0.1, 0.15) is 40.1 Å². The van der Waals surface area contributed by atoms with Gasteiger partial charge < -0.3 is 14.5 Å². The molecule has 0 unspecified atom stereocenters. The summed E-state index contributed by atoms with van der Waals surface area (Å²) in [4.78, 5) is 29.0. The van der Waals surface area contributed by atoms with E-state index in [0.29, 0.717) is 37.3 Å². The van der Waals surface area contributed by atoms with E-state index in [0.717, 1.165) is 11.3 Å². The molecule has 0 radical (unpaired) electrons. The Morgan fingerprint density at radius 2 is 1.41 bits per heavy atom. The highest BCUT2D eigenvalue weighted by Gasteiger charge is 2.25. The molecule has 1 heterocycles. The molecule has 27 heavy (non-hydrogen) atoms. The number of hydrogen-bond acceptors (Lipinski definition) is 3. The van der Waals surface area contributed by atoms with Gasteiger partial charge in [0.2, 0.25) is 0 Å². The zero-order valence-corrected chi connectivity index (χ0v) is 16.1. The Morgan fingerprint density at radius 1 is 0.852 bits per heavy atom. The first kappa shape index (κ1) is 19.0. The van der Waals surface area contributed by atoms with Gasteiger partial charge >= 0.3 is 0 Å². The molecule has 1 aliphatic heterocycles. The fourth-order valence-electron chi connectivity index (χ4n) is 3.23. The van der Waals surface area contributed by atoms with Crippen molar-refractivity contribution in [1.29, 1.82) is 0 Å². The largest absolute Gasteiger partial charge is 0.491 e.